The first-order chi connectivity index (χ1) is 13.9. The zero-order chi connectivity index (χ0) is 20.4. The molecule has 0 aliphatic carbocycles. The van der Waals surface area contributed by atoms with Crippen molar-refractivity contribution in [2.24, 2.45) is 0 Å². The summed E-state index contributed by atoms with van der Waals surface area (Å²) in [7, 11) is 0. The van der Waals surface area contributed by atoms with E-state index in [1.54, 1.807) is 12.1 Å². The molecule has 0 unspecified atom stereocenters. The first-order valence-corrected chi connectivity index (χ1v) is 10.0. The molecular formula is C20H20F3NO4S. The zero-order valence-corrected chi connectivity index (χ0v) is 16.0. The molecule has 0 spiro atoms. The van der Waals surface area contributed by atoms with Gasteiger partial charge in [-0.05, 0) is 29.8 Å². The van der Waals surface area contributed by atoms with Crippen LogP contribution in [0.1, 0.15) is 5.56 Å². The van der Waals surface area contributed by atoms with E-state index in [-0.39, 0.29) is 23.1 Å². The molecule has 0 amide bonds. The Bertz CT molecular complexity index is 806. The lowest BCUT2D eigenvalue weighted by Crippen LogP contribution is -2.58. The molecule has 5 nitrogen and oxygen atoms in total. The van der Waals surface area contributed by atoms with Crippen LogP contribution in [0.4, 0.5) is 13.2 Å². The summed E-state index contributed by atoms with van der Waals surface area (Å²) >= 11 is 1.50. The van der Waals surface area contributed by atoms with Gasteiger partial charge in [-0.3, -0.25) is 0 Å². The maximum Gasteiger partial charge on any atom is 0.573 e. The van der Waals surface area contributed by atoms with Crippen LogP contribution in [0.2, 0.25) is 0 Å². The van der Waals surface area contributed by atoms with Gasteiger partial charge in [0.05, 0.1) is 24.0 Å². The lowest BCUT2D eigenvalue weighted by Gasteiger charge is -2.38. The van der Waals surface area contributed by atoms with E-state index in [0.717, 1.165) is 10.5 Å². The summed E-state index contributed by atoms with van der Waals surface area (Å²) in [5.74, 6) is -0.270. The van der Waals surface area contributed by atoms with Gasteiger partial charge in [0.25, 0.3) is 0 Å². The quantitative estimate of drug-likeness (QED) is 0.738. The van der Waals surface area contributed by atoms with Crippen molar-refractivity contribution in [3.05, 3.63) is 60.2 Å². The number of hydrogen-bond acceptors (Lipinski definition) is 6. The molecule has 9 heteroatoms. The summed E-state index contributed by atoms with van der Waals surface area (Å²) in [6, 6.07) is 15.0. The number of halogens is 3. The Morgan fingerprint density at radius 3 is 2.52 bits per heavy atom. The Labute approximate surface area is 170 Å². The van der Waals surface area contributed by atoms with E-state index in [1.807, 2.05) is 30.3 Å². The van der Waals surface area contributed by atoms with E-state index >= 15 is 0 Å². The van der Waals surface area contributed by atoms with Gasteiger partial charge in [-0.15, -0.1) is 24.9 Å². The van der Waals surface area contributed by atoms with Crippen LogP contribution in [0.3, 0.4) is 0 Å². The molecule has 2 aromatic rings. The average Bonchev–Trinajstić information content (AvgIpc) is 3.12. The predicted molar refractivity (Wildman–Crippen MR) is 100 cm³/mol. The minimum Gasteiger partial charge on any atom is -0.406 e. The van der Waals surface area contributed by atoms with E-state index in [1.165, 1.54) is 23.9 Å². The molecule has 0 radical (unpaired) electrons. The van der Waals surface area contributed by atoms with Gasteiger partial charge in [0.1, 0.15) is 11.9 Å². The molecule has 29 heavy (non-hydrogen) atoms. The third-order valence-electron chi connectivity index (χ3n) is 4.82. The van der Waals surface area contributed by atoms with Gasteiger partial charge >= 0.3 is 6.36 Å². The first-order valence-electron chi connectivity index (χ1n) is 9.14. The van der Waals surface area contributed by atoms with Crippen LogP contribution in [0.25, 0.3) is 0 Å². The third kappa shape index (κ3) is 5.04. The molecular weight excluding hydrogens is 407 g/mol. The van der Waals surface area contributed by atoms with Crippen molar-refractivity contribution in [3.63, 3.8) is 0 Å². The molecule has 2 bridgehead atoms. The number of hydrogen-bond donors (Lipinski definition) is 2. The van der Waals surface area contributed by atoms with Crippen LogP contribution < -0.4 is 10.1 Å². The molecule has 2 heterocycles. The van der Waals surface area contributed by atoms with Gasteiger partial charge in [0, 0.05) is 11.4 Å². The fourth-order valence-electron chi connectivity index (χ4n) is 3.46. The van der Waals surface area contributed by atoms with Crippen LogP contribution in [-0.4, -0.2) is 47.9 Å². The maximum absolute atomic E-state index is 12.3. The van der Waals surface area contributed by atoms with Gasteiger partial charge < -0.3 is 24.6 Å². The van der Waals surface area contributed by atoms with E-state index in [9.17, 15) is 18.3 Å². The fraction of sp³-hybridized carbons (Fsp3) is 0.400. The lowest BCUT2D eigenvalue weighted by molar-refractivity contribution is -0.274. The summed E-state index contributed by atoms with van der Waals surface area (Å²) < 4.78 is 52.3. The number of aliphatic hydroxyl groups excluding tert-OH is 1. The number of aliphatic hydroxyl groups is 1. The van der Waals surface area contributed by atoms with E-state index in [4.69, 9.17) is 9.47 Å². The minimum atomic E-state index is -4.71. The number of nitrogens with one attached hydrogen (secondary N) is 1. The Morgan fingerprint density at radius 2 is 1.83 bits per heavy atom. The second-order valence-corrected chi connectivity index (χ2v) is 8.11. The SMILES string of the molecule is O[C@H]1[C@H](NCc2ccc(OC(F)(F)F)cc2)[C@@H]2CO[C@H](O2)[C@H]1Sc1ccccc1. The Balaban J connectivity index is 1.39. The van der Waals surface area contributed by atoms with Crippen molar-refractivity contribution >= 4 is 11.8 Å². The number of ether oxygens (including phenoxy) is 3. The number of thioether (sulfide) groups is 1. The lowest BCUT2D eigenvalue weighted by atomic mass is 9.99. The van der Waals surface area contributed by atoms with Gasteiger partial charge in [-0.2, -0.15) is 0 Å². The Kier molecular flexibility index (Phi) is 6.03. The normalized spacial score (nSPS) is 29.0. The van der Waals surface area contributed by atoms with Crippen LogP contribution in [0.5, 0.6) is 5.75 Å². The second-order valence-electron chi connectivity index (χ2n) is 6.86. The molecule has 0 aromatic heterocycles. The van der Waals surface area contributed by atoms with Crippen LogP contribution in [0.15, 0.2) is 59.5 Å². The largest absolute Gasteiger partial charge is 0.573 e. The topological polar surface area (TPSA) is 60.0 Å². The van der Waals surface area contributed by atoms with Crippen molar-refractivity contribution in [2.45, 2.75) is 47.6 Å². The molecule has 2 saturated heterocycles. The smallest absolute Gasteiger partial charge is 0.406 e. The molecule has 2 N–H and O–H groups in total. The highest BCUT2D eigenvalue weighted by molar-refractivity contribution is 8.00. The van der Waals surface area contributed by atoms with Crippen molar-refractivity contribution in [3.8, 4) is 5.75 Å². The van der Waals surface area contributed by atoms with E-state index in [2.05, 4.69) is 10.1 Å². The van der Waals surface area contributed by atoms with Crippen molar-refractivity contribution in [1.82, 2.24) is 5.32 Å². The van der Waals surface area contributed by atoms with Crippen LogP contribution in [0, 0.1) is 0 Å². The summed E-state index contributed by atoms with van der Waals surface area (Å²) in [6.07, 6.45) is -6.18. The van der Waals surface area contributed by atoms with Gasteiger partial charge in [-0.25, -0.2) is 0 Å². The van der Waals surface area contributed by atoms with Gasteiger partial charge in [0.15, 0.2) is 6.29 Å². The van der Waals surface area contributed by atoms with Gasteiger partial charge in [-0.1, -0.05) is 30.3 Å². The highest BCUT2D eigenvalue weighted by atomic mass is 32.2. The van der Waals surface area contributed by atoms with Gasteiger partial charge in [0.2, 0.25) is 0 Å². The van der Waals surface area contributed by atoms with E-state index < -0.39 is 18.8 Å². The molecule has 4 rings (SSSR count). The minimum absolute atomic E-state index is 0.270. The average molecular weight is 427 g/mol. The van der Waals surface area contributed by atoms with Crippen molar-refractivity contribution < 1.29 is 32.5 Å². The molecule has 2 fully saturated rings. The Hall–Kier alpha value is -1.78. The summed E-state index contributed by atoms with van der Waals surface area (Å²) in [5.41, 5.74) is 0.764. The van der Waals surface area contributed by atoms with Crippen LogP contribution >= 0.6 is 11.8 Å². The van der Waals surface area contributed by atoms with E-state index in [0.29, 0.717) is 13.2 Å². The highest BCUT2D eigenvalue weighted by Crippen LogP contribution is 2.38. The summed E-state index contributed by atoms with van der Waals surface area (Å²) in [4.78, 5) is 1.01. The number of rotatable bonds is 6. The highest BCUT2D eigenvalue weighted by Gasteiger charge is 2.50. The van der Waals surface area contributed by atoms with Crippen molar-refractivity contribution in [1.29, 1.82) is 0 Å². The maximum atomic E-state index is 12.3. The fourth-order valence-corrected chi connectivity index (χ4v) is 4.66. The second kappa shape index (κ2) is 8.53. The number of fused-ring (bicyclic) bond motifs is 2. The van der Waals surface area contributed by atoms with Crippen LogP contribution in [-0.2, 0) is 16.0 Å². The van der Waals surface area contributed by atoms with Crippen molar-refractivity contribution in [2.75, 3.05) is 6.61 Å². The third-order valence-corrected chi connectivity index (χ3v) is 6.14. The monoisotopic (exact) mass is 427 g/mol. The molecule has 2 aliphatic rings. The number of benzene rings is 2. The first kappa shape index (κ1) is 20.5. The molecule has 156 valence electrons. The molecule has 2 aromatic carbocycles. The number of alkyl halides is 3. The zero-order valence-electron chi connectivity index (χ0n) is 15.2. The standard InChI is InChI=1S/C20H20F3NO4S/c21-20(22,23)28-13-8-6-12(7-9-13)10-24-16-15-11-26-19(27-15)18(17(16)25)29-14-4-2-1-3-5-14/h1-9,15-19,24-25H,10-11H2/t15-,16+,17-,18-,19+/m0/s1. The molecule has 0 saturated carbocycles. The summed E-state index contributed by atoms with van der Waals surface area (Å²) in [5, 5.41) is 13.9. The Morgan fingerprint density at radius 1 is 1.10 bits per heavy atom. The predicted octanol–water partition coefficient (Wildman–Crippen LogP) is 3.32. The molecule has 2 aliphatic heterocycles. The molecule has 5 atom stereocenters. The summed E-state index contributed by atoms with van der Waals surface area (Å²) in [6.45, 7) is 0.741.